The molecule has 0 aliphatic heterocycles. The quantitative estimate of drug-likeness (QED) is 0.777. The smallest absolute Gasteiger partial charge is 0.210 e. The van der Waals surface area contributed by atoms with Crippen LogP contribution in [-0.4, -0.2) is 15.4 Å². The standard InChI is InChI=1S/C13H13N3OS/c1-8(2)14-13-15-12(16-18-13)11-7-9-5-3-4-6-10(9)17-11/h3-8H,1-2H3,(H,14,15,16). The lowest BCUT2D eigenvalue weighted by molar-refractivity contribution is 0.627. The van der Waals surface area contributed by atoms with E-state index < -0.39 is 0 Å². The van der Waals surface area contributed by atoms with Crippen LogP contribution in [0.2, 0.25) is 0 Å². The molecule has 2 aromatic heterocycles. The van der Waals surface area contributed by atoms with Crippen molar-refractivity contribution in [1.82, 2.24) is 9.36 Å². The van der Waals surface area contributed by atoms with E-state index in [1.54, 1.807) is 0 Å². The average molecular weight is 259 g/mol. The van der Waals surface area contributed by atoms with E-state index in [1.165, 1.54) is 11.5 Å². The highest BCUT2D eigenvalue weighted by atomic mass is 32.1. The number of benzene rings is 1. The van der Waals surface area contributed by atoms with Crippen molar-refractivity contribution in [2.24, 2.45) is 0 Å². The van der Waals surface area contributed by atoms with Gasteiger partial charge in [0.05, 0.1) is 0 Å². The molecule has 0 saturated carbocycles. The molecule has 0 aliphatic rings. The van der Waals surface area contributed by atoms with E-state index >= 15 is 0 Å². The molecule has 0 unspecified atom stereocenters. The molecule has 0 aliphatic carbocycles. The van der Waals surface area contributed by atoms with Gasteiger partial charge < -0.3 is 9.73 Å². The Balaban J connectivity index is 1.96. The molecule has 1 N–H and O–H groups in total. The number of nitrogens with zero attached hydrogens (tertiary/aromatic N) is 2. The Morgan fingerprint density at radius 2 is 2.11 bits per heavy atom. The number of fused-ring (bicyclic) bond motifs is 1. The van der Waals surface area contributed by atoms with Gasteiger partial charge >= 0.3 is 0 Å². The second-order valence-corrected chi connectivity index (χ2v) is 5.12. The average Bonchev–Trinajstić information content (AvgIpc) is 2.93. The van der Waals surface area contributed by atoms with E-state index in [-0.39, 0.29) is 0 Å². The number of furan rings is 1. The maximum Gasteiger partial charge on any atom is 0.210 e. The van der Waals surface area contributed by atoms with Crippen molar-refractivity contribution in [3.63, 3.8) is 0 Å². The van der Waals surface area contributed by atoms with Gasteiger partial charge in [-0.1, -0.05) is 18.2 Å². The molecule has 0 radical (unpaired) electrons. The first-order valence-electron chi connectivity index (χ1n) is 5.81. The number of nitrogens with one attached hydrogen (secondary N) is 1. The summed E-state index contributed by atoms with van der Waals surface area (Å²) in [5.74, 6) is 1.35. The first-order chi connectivity index (χ1) is 8.72. The highest BCUT2D eigenvalue weighted by Crippen LogP contribution is 2.27. The summed E-state index contributed by atoms with van der Waals surface area (Å²) in [6.07, 6.45) is 0. The predicted octanol–water partition coefficient (Wildman–Crippen LogP) is 3.77. The molecule has 92 valence electrons. The van der Waals surface area contributed by atoms with Gasteiger partial charge in [-0.15, -0.1) is 0 Å². The van der Waals surface area contributed by atoms with Gasteiger partial charge in [0.25, 0.3) is 0 Å². The first-order valence-corrected chi connectivity index (χ1v) is 6.59. The van der Waals surface area contributed by atoms with Crippen LogP contribution in [-0.2, 0) is 0 Å². The fraction of sp³-hybridized carbons (Fsp3) is 0.231. The molecule has 4 nitrogen and oxygen atoms in total. The van der Waals surface area contributed by atoms with Crippen molar-refractivity contribution in [2.45, 2.75) is 19.9 Å². The van der Waals surface area contributed by atoms with E-state index in [4.69, 9.17) is 4.42 Å². The minimum atomic E-state index is 0.349. The summed E-state index contributed by atoms with van der Waals surface area (Å²) >= 11 is 1.35. The normalized spacial score (nSPS) is 11.3. The first kappa shape index (κ1) is 11.2. The van der Waals surface area contributed by atoms with Crippen LogP contribution in [0.4, 0.5) is 5.13 Å². The SMILES string of the molecule is CC(C)Nc1nc(-c2cc3ccccc3o2)ns1. The van der Waals surface area contributed by atoms with Gasteiger partial charge in [0.1, 0.15) is 5.58 Å². The Kier molecular flexibility index (Phi) is 2.76. The molecular weight excluding hydrogens is 246 g/mol. The molecule has 0 atom stereocenters. The summed E-state index contributed by atoms with van der Waals surface area (Å²) in [6.45, 7) is 4.14. The lowest BCUT2D eigenvalue weighted by Crippen LogP contribution is -2.08. The monoisotopic (exact) mass is 259 g/mol. The van der Waals surface area contributed by atoms with Crippen LogP contribution in [0.5, 0.6) is 0 Å². The Bertz CT molecular complexity index is 638. The minimum Gasteiger partial charge on any atom is -0.453 e. The van der Waals surface area contributed by atoms with E-state index in [9.17, 15) is 0 Å². The van der Waals surface area contributed by atoms with Crippen LogP contribution >= 0.6 is 11.5 Å². The molecule has 5 heteroatoms. The summed E-state index contributed by atoms with van der Waals surface area (Å²) in [5.41, 5.74) is 0.862. The Morgan fingerprint density at radius 1 is 1.28 bits per heavy atom. The molecule has 3 rings (SSSR count). The van der Waals surface area contributed by atoms with E-state index in [0.717, 1.165) is 16.1 Å². The van der Waals surface area contributed by atoms with Gasteiger partial charge in [-0.05, 0) is 26.0 Å². The maximum absolute atomic E-state index is 5.73. The zero-order chi connectivity index (χ0) is 12.5. The van der Waals surface area contributed by atoms with Gasteiger partial charge in [0.2, 0.25) is 11.0 Å². The molecule has 18 heavy (non-hydrogen) atoms. The fourth-order valence-electron chi connectivity index (χ4n) is 1.72. The lowest BCUT2D eigenvalue weighted by Gasteiger charge is -2.03. The third kappa shape index (κ3) is 2.09. The molecule has 3 aromatic rings. The third-order valence-corrected chi connectivity index (χ3v) is 3.13. The van der Waals surface area contributed by atoms with Gasteiger partial charge in [-0.25, -0.2) is 0 Å². The zero-order valence-electron chi connectivity index (χ0n) is 10.2. The second-order valence-electron chi connectivity index (χ2n) is 4.37. The van der Waals surface area contributed by atoms with E-state index in [0.29, 0.717) is 17.6 Å². The number of hydrogen-bond acceptors (Lipinski definition) is 5. The zero-order valence-corrected chi connectivity index (χ0v) is 11.0. The molecule has 0 spiro atoms. The molecule has 0 amide bonds. The van der Waals surface area contributed by atoms with Crippen LogP contribution < -0.4 is 5.32 Å². The van der Waals surface area contributed by atoms with E-state index in [2.05, 4.69) is 28.5 Å². The van der Waals surface area contributed by atoms with Crippen molar-refractivity contribution in [3.05, 3.63) is 30.3 Å². The van der Waals surface area contributed by atoms with Crippen LogP contribution in [0, 0.1) is 0 Å². The van der Waals surface area contributed by atoms with E-state index in [1.807, 2.05) is 30.3 Å². The van der Waals surface area contributed by atoms with Crippen molar-refractivity contribution >= 4 is 27.6 Å². The summed E-state index contributed by atoms with van der Waals surface area (Å²) in [4.78, 5) is 4.42. The Labute approximate surface area is 109 Å². The van der Waals surface area contributed by atoms with Crippen LogP contribution in [0.1, 0.15) is 13.8 Å². The molecule has 1 aromatic carbocycles. The highest BCUT2D eigenvalue weighted by molar-refractivity contribution is 7.09. The minimum absolute atomic E-state index is 0.349. The van der Waals surface area contributed by atoms with Crippen molar-refractivity contribution in [2.75, 3.05) is 5.32 Å². The van der Waals surface area contributed by atoms with Crippen LogP contribution in [0.25, 0.3) is 22.6 Å². The van der Waals surface area contributed by atoms with Crippen LogP contribution in [0.3, 0.4) is 0 Å². The summed E-state index contributed by atoms with van der Waals surface area (Å²) in [5, 5.41) is 5.12. The maximum atomic E-state index is 5.73. The predicted molar refractivity (Wildman–Crippen MR) is 73.9 cm³/mol. The molecule has 0 saturated heterocycles. The number of anilines is 1. The van der Waals surface area contributed by atoms with Crippen LogP contribution in [0.15, 0.2) is 34.7 Å². The van der Waals surface area contributed by atoms with Gasteiger partial charge in [-0.3, -0.25) is 0 Å². The van der Waals surface area contributed by atoms with Crippen molar-refractivity contribution in [3.8, 4) is 11.6 Å². The summed E-state index contributed by atoms with van der Waals surface area (Å²) in [7, 11) is 0. The number of para-hydroxylation sites is 1. The number of hydrogen-bond donors (Lipinski definition) is 1. The number of aromatic nitrogens is 2. The van der Waals surface area contributed by atoms with Crippen molar-refractivity contribution < 1.29 is 4.42 Å². The van der Waals surface area contributed by atoms with Gasteiger partial charge in [0.15, 0.2) is 5.76 Å². The molecule has 0 bridgehead atoms. The molecule has 0 fully saturated rings. The largest absolute Gasteiger partial charge is 0.453 e. The molecule has 2 heterocycles. The topological polar surface area (TPSA) is 51.0 Å². The lowest BCUT2D eigenvalue weighted by atomic mass is 10.2. The second kappa shape index (κ2) is 4.42. The van der Waals surface area contributed by atoms with Gasteiger partial charge in [-0.2, -0.15) is 9.36 Å². The van der Waals surface area contributed by atoms with Gasteiger partial charge in [0, 0.05) is 23.0 Å². The highest BCUT2D eigenvalue weighted by Gasteiger charge is 2.11. The summed E-state index contributed by atoms with van der Waals surface area (Å²) in [6, 6.07) is 10.2. The molecular formula is C13H13N3OS. The summed E-state index contributed by atoms with van der Waals surface area (Å²) < 4.78 is 10.0. The Morgan fingerprint density at radius 3 is 2.89 bits per heavy atom. The third-order valence-electron chi connectivity index (χ3n) is 2.48. The number of rotatable bonds is 3. The van der Waals surface area contributed by atoms with Crippen molar-refractivity contribution in [1.29, 1.82) is 0 Å². The fourth-order valence-corrected chi connectivity index (χ4v) is 2.44. The Hall–Kier alpha value is -1.88.